The molecule has 0 aliphatic heterocycles. The Hall–Kier alpha value is -2.86. The van der Waals surface area contributed by atoms with Crippen molar-refractivity contribution in [1.29, 1.82) is 0 Å². The van der Waals surface area contributed by atoms with Crippen LogP contribution in [0.2, 0.25) is 0 Å². The zero-order valence-electron chi connectivity index (χ0n) is 22.3. The number of hydrogen-bond donors (Lipinski definition) is 0. The average Bonchev–Trinajstić information content (AvgIpc) is 3.80. The molecule has 0 amide bonds. The first-order valence-corrected chi connectivity index (χ1v) is 20.8. The quantitative estimate of drug-likeness (QED) is 0.156. The Morgan fingerprint density at radius 2 is 0.619 bits per heavy atom. The van der Waals surface area contributed by atoms with Gasteiger partial charge in [-0.2, -0.15) is 0 Å². The second-order valence-electron chi connectivity index (χ2n) is 10.4. The van der Waals surface area contributed by atoms with E-state index in [0.29, 0.717) is 58.0 Å². The zero-order valence-corrected chi connectivity index (χ0v) is 29.2. The molecule has 0 spiro atoms. The number of fused-ring (bicyclic) bond motifs is 6. The minimum atomic E-state index is 0.308. The molecule has 0 aliphatic rings. The summed E-state index contributed by atoms with van der Waals surface area (Å²) in [5.41, 5.74) is 5.61. The first kappa shape index (κ1) is 25.6. The second kappa shape index (κ2) is 10.4. The third-order valence-corrected chi connectivity index (χ3v) is 19.5. The van der Waals surface area contributed by atoms with Gasteiger partial charge in [-0.3, -0.25) is 0 Å². The molecule has 4 heteroatoms. The van der Waals surface area contributed by atoms with Crippen molar-refractivity contribution in [2.45, 2.75) is 0 Å². The minimum absolute atomic E-state index is 0.308. The molecular weight excluding hydrogens is 772 g/mol. The van der Waals surface area contributed by atoms with Crippen LogP contribution in [0.3, 0.4) is 0 Å². The molecule has 0 atom stereocenters. The van der Waals surface area contributed by atoms with Gasteiger partial charge in [0.25, 0.3) is 0 Å². The van der Waals surface area contributed by atoms with Gasteiger partial charge in [0, 0.05) is 0 Å². The molecule has 4 aromatic heterocycles. The molecule has 42 heavy (non-hydrogen) atoms. The van der Waals surface area contributed by atoms with Crippen LogP contribution in [0.15, 0.2) is 133 Å². The predicted octanol–water partition coefficient (Wildman–Crippen LogP) is 9.20. The van der Waals surface area contributed by atoms with Gasteiger partial charge in [-0.25, -0.2) is 0 Å². The molecule has 0 fully saturated rings. The molecule has 9 rings (SSSR count). The normalized spacial score (nSPS) is 11.8. The molecule has 198 valence electrons. The van der Waals surface area contributed by atoms with E-state index in [2.05, 4.69) is 133 Å². The number of rotatable bonds is 4. The van der Waals surface area contributed by atoms with Crippen molar-refractivity contribution in [3.05, 3.63) is 133 Å². The van der Waals surface area contributed by atoms with Crippen LogP contribution in [0.4, 0.5) is 0 Å². The van der Waals surface area contributed by atoms with Crippen LogP contribution in [0.5, 0.6) is 0 Å². The van der Waals surface area contributed by atoms with Crippen molar-refractivity contribution < 1.29 is 0 Å². The molecule has 0 nitrogen and oxygen atoms in total. The second-order valence-corrected chi connectivity index (χ2v) is 19.1. The molecule has 5 aromatic carbocycles. The molecular formula is C38H22Se4. The molecule has 0 saturated heterocycles. The van der Waals surface area contributed by atoms with E-state index >= 15 is 0 Å². The summed E-state index contributed by atoms with van der Waals surface area (Å²) >= 11 is 1.23. The first-order valence-electron chi connectivity index (χ1n) is 13.9. The van der Waals surface area contributed by atoms with Crippen molar-refractivity contribution in [1.82, 2.24) is 0 Å². The Kier molecular flexibility index (Phi) is 6.34. The van der Waals surface area contributed by atoms with Crippen molar-refractivity contribution in [3.8, 4) is 40.0 Å². The Morgan fingerprint density at radius 3 is 0.952 bits per heavy atom. The topological polar surface area (TPSA) is 0 Å². The third-order valence-electron chi connectivity index (χ3n) is 7.92. The fourth-order valence-electron chi connectivity index (χ4n) is 6.00. The van der Waals surface area contributed by atoms with E-state index in [1.807, 2.05) is 0 Å². The summed E-state index contributed by atoms with van der Waals surface area (Å²) in [4.78, 5) is 0. The zero-order chi connectivity index (χ0) is 27.6. The van der Waals surface area contributed by atoms with Gasteiger partial charge < -0.3 is 0 Å². The molecule has 0 unspecified atom stereocenters. The molecule has 0 bridgehead atoms. The molecule has 0 aliphatic carbocycles. The monoisotopic (exact) mass is 798 g/mol. The molecule has 4 heterocycles. The van der Waals surface area contributed by atoms with E-state index in [-0.39, 0.29) is 0 Å². The summed E-state index contributed by atoms with van der Waals surface area (Å²) in [6.07, 6.45) is 0. The van der Waals surface area contributed by atoms with Crippen LogP contribution in [0.1, 0.15) is 0 Å². The van der Waals surface area contributed by atoms with E-state index < -0.39 is 0 Å². The third kappa shape index (κ3) is 4.07. The molecule has 9 aromatic rings. The van der Waals surface area contributed by atoms with Crippen molar-refractivity contribution >= 4 is 96.6 Å². The molecule has 0 N–H and O–H groups in total. The molecule has 0 radical (unpaired) electrons. The van der Waals surface area contributed by atoms with Gasteiger partial charge in [0.05, 0.1) is 0 Å². The van der Waals surface area contributed by atoms with E-state index in [0.717, 1.165) is 0 Å². The first-order chi connectivity index (χ1) is 20.8. The number of benzene rings is 5. The Bertz CT molecular complexity index is 2200. The van der Waals surface area contributed by atoms with E-state index in [9.17, 15) is 0 Å². The van der Waals surface area contributed by atoms with E-state index in [4.69, 9.17) is 0 Å². The van der Waals surface area contributed by atoms with Crippen molar-refractivity contribution in [2.75, 3.05) is 0 Å². The maximum atomic E-state index is 2.62. The average molecular weight is 794 g/mol. The fourth-order valence-corrected chi connectivity index (χ4v) is 18.6. The predicted molar refractivity (Wildman–Crippen MR) is 186 cm³/mol. The van der Waals surface area contributed by atoms with Crippen molar-refractivity contribution in [3.63, 3.8) is 0 Å². The van der Waals surface area contributed by atoms with Gasteiger partial charge in [-0.15, -0.1) is 0 Å². The van der Waals surface area contributed by atoms with Crippen molar-refractivity contribution in [2.24, 2.45) is 0 Å². The summed E-state index contributed by atoms with van der Waals surface area (Å²) < 4.78 is 12.7. The summed E-state index contributed by atoms with van der Waals surface area (Å²) in [5.74, 6) is 0. The van der Waals surface area contributed by atoms with Crippen LogP contribution in [0.25, 0.3) is 78.6 Å². The van der Waals surface area contributed by atoms with Crippen LogP contribution in [-0.2, 0) is 0 Å². The Labute approximate surface area is 267 Å². The summed E-state index contributed by atoms with van der Waals surface area (Å²) in [5, 5.41) is 6.16. The van der Waals surface area contributed by atoms with Gasteiger partial charge in [0.2, 0.25) is 0 Å². The van der Waals surface area contributed by atoms with Gasteiger partial charge in [-0.1, -0.05) is 0 Å². The molecule has 0 saturated carbocycles. The summed E-state index contributed by atoms with van der Waals surface area (Å²) in [6, 6.07) is 49.9. The van der Waals surface area contributed by atoms with Crippen LogP contribution < -0.4 is 0 Å². The van der Waals surface area contributed by atoms with Gasteiger partial charge >= 0.3 is 270 Å². The van der Waals surface area contributed by atoms with Crippen LogP contribution in [-0.4, -0.2) is 58.0 Å². The van der Waals surface area contributed by atoms with E-state index in [1.165, 1.54) is 33.0 Å². The van der Waals surface area contributed by atoms with Gasteiger partial charge in [0.1, 0.15) is 0 Å². The van der Waals surface area contributed by atoms with Gasteiger partial charge in [-0.05, 0) is 0 Å². The van der Waals surface area contributed by atoms with Crippen LogP contribution in [0, 0.1) is 0 Å². The standard InChI is InChI=1S/C38H22Se4/c1-5-13-23(14-6-1)33-31-27-21-30-28(22-29(27)39-37(31)35(41-33)25-17-9-3-10-18-25)32-34(24-15-7-2-8-16-24)42-36(38(32)40-30)26-19-11-4-12-20-26/h1-22H. The summed E-state index contributed by atoms with van der Waals surface area (Å²) in [7, 11) is 0. The fraction of sp³-hybridized carbons (Fsp3) is 0. The maximum absolute atomic E-state index is 2.62. The SMILES string of the molecule is c1ccc(-c2[se]c(-c3ccccc3)c3c2[se]c2cc4c(cc23)[se]c2c(-c3ccccc3)[se]c(-c3ccccc3)c24)cc1. The summed E-state index contributed by atoms with van der Waals surface area (Å²) in [6.45, 7) is 0. The Morgan fingerprint density at radius 1 is 0.310 bits per heavy atom. The van der Waals surface area contributed by atoms with Gasteiger partial charge in [0.15, 0.2) is 0 Å². The Balaban J connectivity index is 1.38. The van der Waals surface area contributed by atoms with E-state index in [1.54, 1.807) is 45.6 Å². The van der Waals surface area contributed by atoms with Crippen LogP contribution >= 0.6 is 0 Å². The number of hydrogen-bond acceptors (Lipinski definition) is 0.